The Labute approximate surface area is 147 Å². The molecule has 1 aliphatic rings. The van der Waals surface area contributed by atoms with Gasteiger partial charge in [0, 0.05) is 31.3 Å². The lowest BCUT2D eigenvalue weighted by atomic mass is 10.1. The van der Waals surface area contributed by atoms with Gasteiger partial charge in [-0.1, -0.05) is 17.7 Å². The lowest BCUT2D eigenvalue weighted by Gasteiger charge is -2.15. The van der Waals surface area contributed by atoms with Crippen LogP contribution in [0, 0.1) is 6.92 Å². The van der Waals surface area contributed by atoms with Gasteiger partial charge in [-0.25, -0.2) is 8.42 Å². The van der Waals surface area contributed by atoms with Crippen molar-refractivity contribution in [3.8, 4) is 0 Å². The minimum Gasteiger partial charge on any atom is -0.312 e. The third-order valence-corrected chi connectivity index (χ3v) is 6.05. The maximum absolute atomic E-state index is 12.6. The van der Waals surface area contributed by atoms with Crippen LogP contribution in [-0.2, 0) is 21.2 Å². The van der Waals surface area contributed by atoms with Crippen LogP contribution in [0.1, 0.15) is 19.5 Å². The van der Waals surface area contributed by atoms with Gasteiger partial charge in [0.15, 0.2) is 0 Å². The second kappa shape index (κ2) is 6.11. The van der Waals surface area contributed by atoms with Crippen LogP contribution in [0.4, 0.5) is 11.4 Å². The summed E-state index contributed by atoms with van der Waals surface area (Å²) in [7, 11) is -3.73. The molecular weight excluding hydrogens is 348 g/mol. The van der Waals surface area contributed by atoms with Gasteiger partial charge in [-0.3, -0.25) is 9.52 Å². The predicted molar refractivity (Wildman–Crippen MR) is 97.3 cm³/mol. The highest BCUT2D eigenvalue weighted by molar-refractivity contribution is 7.92. The molecule has 5 nitrogen and oxygen atoms in total. The summed E-state index contributed by atoms with van der Waals surface area (Å²) in [4.78, 5) is 13.4. The number of nitrogens with zero attached hydrogens (tertiary/aromatic N) is 1. The van der Waals surface area contributed by atoms with Crippen molar-refractivity contribution >= 4 is 38.9 Å². The molecular formula is C17H19ClN2O3S. The number of anilines is 2. The molecule has 0 bridgehead atoms. The van der Waals surface area contributed by atoms with Gasteiger partial charge in [0.1, 0.15) is 0 Å². The van der Waals surface area contributed by atoms with E-state index in [-0.39, 0.29) is 12.2 Å². The Bertz CT molecular complexity index is 931. The molecule has 0 atom stereocenters. The summed E-state index contributed by atoms with van der Waals surface area (Å²) in [5.41, 5.74) is 2.77. The van der Waals surface area contributed by atoms with Crippen molar-refractivity contribution in [2.24, 2.45) is 0 Å². The van der Waals surface area contributed by atoms with E-state index >= 15 is 0 Å². The molecule has 0 saturated carbocycles. The smallest absolute Gasteiger partial charge is 0.262 e. The first-order valence-corrected chi connectivity index (χ1v) is 9.34. The van der Waals surface area contributed by atoms with E-state index in [1.165, 1.54) is 13.0 Å². The van der Waals surface area contributed by atoms with Crippen LogP contribution in [0.3, 0.4) is 0 Å². The van der Waals surface area contributed by atoms with Crippen molar-refractivity contribution in [1.29, 1.82) is 0 Å². The minimum atomic E-state index is -3.73. The number of benzene rings is 2. The number of halogens is 1. The average Bonchev–Trinajstić information content (AvgIpc) is 2.92. The Morgan fingerprint density at radius 1 is 1.29 bits per heavy atom. The fourth-order valence-corrected chi connectivity index (χ4v) is 4.43. The number of hydrogen-bond acceptors (Lipinski definition) is 3. The highest BCUT2D eigenvalue weighted by atomic mass is 35.5. The monoisotopic (exact) mass is 366 g/mol. The molecule has 24 heavy (non-hydrogen) atoms. The maximum atomic E-state index is 12.6. The summed E-state index contributed by atoms with van der Waals surface area (Å²) in [6.07, 6.45) is 0.709. The van der Waals surface area contributed by atoms with Crippen LogP contribution in [0.5, 0.6) is 0 Å². The van der Waals surface area contributed by atoms with Crippen molar-refractivity contribution in [1.82, 2.24) is 0 Å². The maximum Gasteiger partial charge on any atom is 0.262 e. The van der Waals surface area contributed by atoms with E-state index in [4.69, 9.17) is 11.6 Å². The zero-order chi connectivity index (χ0) is 17.5. The summed E-state index contributed by atoms with van der Waals surface area (Å²) >= 11 is 6.02. The molecule has 3 rings (SSSR count). The quantitative estimate of drug-likeness (QED) is 0.902. The van der Waals surface area contributed by atoms with Gasteiger partial charge in [-0.2, -0.15) is 0 Å². The zero-order valence-corrected chi connectivity index (χ0v) is 14.9. The third kappa shape index (κ3) is 2.99. The fourth-order valence-electron chi connectivity index (χ4n) is 2.88. The number of carbonyl (C=O) groups is 1. The lowest BCUT2D eigenvalue weighted by Crippen LogP contribution is -2.25. The molecule has 2 aromatic carbocycles. The van der Waals surface area contributed by atoms with E-state index in [0.29, 0.717) is 29.2 Å². The number of amides is 1. The largest absolute Gasteiger partial charge is 0.312 e. The van der Waals surface area contributed by atoms with Crippen LogP contribution in [0.25, 0.3) is 0 Å². The Morgan fingerprint density at radius 2 is 2.04 bits per heavy atom. The number of rotatable bonds is 3. The molecule has 2 aromatic rings. The van der Waals surface area contributed by atoms with Crippen molar-refractivity contribution in [2.45, 2.75) is 25.2 Å². The average molecular weight is 367 g/mol. The second-order valence-electron chi connectivity index (χ2n) is 5.73. The normalized spacial score (nSPS) is 13.7. The summed E-state index contributed by atoms with van der Waals surface area (Å²) in [5, 5.41) is 0.406. The number of carbonyl (C=O) groups excluding carboxylic acids is 1. The number of nitrogens with one attached hydrogen (secondary N) is 1. The molecule has 1 amide bonds. The molecule has 0 aliphatic carbocycles. The van der Waals surface area contributed by atoms with Crippen LogP contribution in [-0.4, -0.2) is 20.9 Å². The Morgan fingerprint density at radius 3 is 2.75 bits per heavy atom. The predicted octanol–water partition coefficient (Wildman–Crippen LogP) is 3.60. The third-order valence-electron chi connectivity index (χ3n) is 4.11. The van der Waals surface area contributed by atoms with Crippen molar-refractivity contribution < 1.29 is 14.6 Å². The molecule has 0 saturated heterocycles. The summed E-state index contributed by atoms with van der Waals surface area (Å²) in [6, 6.07) is 9.99. The van der Waals surface area contributed by atoms with E-state index in [1.807, 2.05) is 0 Å². The summed E-state index contributed by atoms with van der Waals surface area (Å²) in [6.45, 7) is 3.81. The molecule has 0 spiro atoms. The second-order valence-corrected chi connectivity index (χ2v) is 7.79. The van der Waals surface area contributed by atoms with Crippen LogP contribution >= 0.6 is 11.6 Å². The van der Waals surface area contributed by atoms with E-state index in [9.17, 15) is 13.2 Å². The molecule has 128 valence electrons. The van der Waals surface area contributed by atoms with Crippen molar-refractivity contribution in [3.63, 3.8) is 0 Å². The highest BCUT2D eigenvalue weighted by Gasteiger charge is 2.24. The molecule has 0 radical (unpaired) electrons. The first-order valence-electron chi connectivity index (χ1n) is 7.48. The van der Waals surface area contributed by atoms with E-state index in [0.717, 1.165) is 11.3 Å². The Balaban J connectivity index is 0.00000225. The van der Waals surface area contributed by atoms with Gasteiger partial charge in [-0.05, 0) is 54.8 Å². The van der Waals surface area contributed by atoms with Gasteiger partial charge < -0.3 is 4.90 Å². The van der Waals surface area contributed by atoms with Gasteiger partial charge in [0.05, 0.1) is 4.90 Å². The lowest BCUT2D eigenvalue weighted by molar-refractivity contribution is -0.116. The summed E-state index contributed by atoms with van der Waals surface area (Å²) < 4.78 is 27.8. The van der Waals surface area contributed by atoms with Crippen LogP contribution in [0.2, 0.25) is 5.02 Å². The molecule has 0 unspecified atom stereocenters. The van der Waals surface area contributed by atoms with E-state index in [2.05, 4.69) is 4.72 Å². The molecule has 1 N–H and O–H groups in total. The van der Waals surface area contributed by atoms with Gasteiger partial charge >= 0.3 is 0 Å². The van der Waals surface area contributed by atoms with Gasteiger partial charge in [-0.15, -0.1) is 0 Å². The van der Waals surface area contributed by atoms with Gasteiger partial charge in [0.25, 0.3) is 10.0 Å². The highest BCUT2D eigenvalue weighted by Crippen LogP contribution is 2.32. The minimum absolute atomic E-state index is 0. The van der Waals surface area contributed by atoms with Crippen LogP contribution in [0.15, 0.2) is 41.3 Å². The first-order chi connectivity index (χ1) is 11.3. The Hall–Kier alpha value is -2.05. The standard InChI is InChI=1S/C17H17ClN2O3S.H2/c1-11-15(18)4-3-5-17(11)24(22,23)19-14-6-7-16-13(10-14)8-9-20(16)12(2)21;/h3-7,10,19H,8-9H2,1-2H3;1H. The van der Waals surface area contributed by atoms with E-state index < -0.39 is 10.0 Å². The van der Waals surface area contributed by atoms with Crippen LogP contribution < -0.4 is 9.62 Å². The molecule has 7 heteroatoms. The van der Waals surface area contributed by atoms with E-state index in [1.54, 1.807) is 42.2 Å². The molecule has 0 aromatic heterocycles. The zero-order valence-electron chi connectivity index (χ0n) is 13.3. The van der Waals surface area contributed by atoms with Crippen molar-refractivity contribution in [2.75, 3.05) is 16.2 Å². The Kier molecular flexibility index (Phi) is 4.27. The topological polar surface area (TPSA) is 66.5 Å². The van der Waals surface area contributed by atoms with Crippen molar-refractivity contribution in [3.05, 3.63) is 52.5 Å². The molecule has 0 fully saturated rings. The molecule has 1 heterocycles. The number of hydrogen-bond donors (Lipinski definition) is 1. The number of sulfonamides is 1. The molecule has 1 aliphatic heterocycles. The SMILES string of the molecule is CC(=O)N1CCc2cc(NS(=O)(=O)c3cccc(Cl)c3C)ccc21.[HH]. The first kappa shape index (κ1) is 16.8. The number of fused-ring (bicyclic) bond motifs is 1. The summed E-state index contributed by atoms with van der Waals surface area (Å²) in [5.74, 6) is -0.0170. The van der Waals surface area contributed by atoms with Gasteiger partial charge in [0.2, 0.25) is 5.91 Å². The fraction of sp³-hybridized carbons (Fsp3) is 0.235.